The van der Waals surface area contributed by atoms with Crippen LogP contribution >= 0.6 is 0 Å². The predicted octanol–water partition coefficient (Wildman–Crippen LogP) is 2.97. The summed E-state index contributed by atoms with van der Waals surface area (Å²) < 4.78 is 2.01. The van der Waals surface area contributed by atoms with Gasteiger partial charge < -0.3 is 15.2 Å². The minimum Gasteiger partial charge on any atom is -0.368 e. The highest BCUT2D eigenvalue weighted by Gasteiger charge is 2.26. The molecule has 1 amide bonds. The summed E-state index contributed by atoms with van der Waals surface area (Å²) in [4.78, 5) is 16.8. The third kappa shape index (κ3) is 4.36. The van der Waals surface area contributed by atoms with Crippen LogP contribution in [0.15, 0.2) is 30.5 Å². The molecule has 0 saturated carbocycles. The second kappa shape index (κ2) is 8.44. The van der Waals surface area contributed by atoms with Crippen LogP contribution in [0, 0.1) is 0 Å². The van der Waals surface area contributed by atoms with E-state index in [-0.39, 0.29) is 12.5 Å². The van der Waals surface area contributed by atoms with E-state index in [4.69, 9.17) is 5.73 Å². The van der Waals surface area contributed by atoms with Crippen LogP contribution in [0.25, 0.3) is 10.9 Å². The van der Waals surface area contributed by atoms with Gasteiger partial charge in [0.05, 0.1) is 0 Å². The van der Waals surface area contributed by atoms with Crippen molar-refractivity contribution in [2.24, 2.45) is 5.73 Å². The first-order valence-corrected chi connectivity index (χ1v) is 10.5. The van der Waals surface area contributed by atoms with Crippen molar-refractivity contribution in [3.63, 3.8) is 0 Å². The number of hydrogen-bond acceptors (Lipinski definition) is 3. The molecule has 1 unspecified atom stereocenters. The number of nitrogens with two attached hydrogens (primary N) is 1. The average molecular weight is 369 g/mol. The Bertz CT molecular complexity index is 778. The highest BCUT2D eigenvalue weighted by atomic mass is 16.1. The third-order valence-corrected chi connectivity index (χ3v) is 6.24. The molecule has 1 aromatic carbocycles. The number of carbonyl (C=O) groups excluding carboxylic acids is 1. The summed E-state index contributed by atoms with van der Waals surface area (Å²) in [6, 6.07) is 9.02. The van der Waals surface area contributed by atoms with Gasteiger partial charge in [-0.2, -0.15) is 0 Å². The fourth-order valence-corrected chi connectivity index (χ4v) is 4.88. The highest BCUT2D eigenvalue weighted by molar-refractivity contribution is 5.85. The van der Waals surface area contributed by atoms with E-state index in [0.29, 0.717) is 6.04 Å². The van der Waals surface area contributed by atoms with E-state index < -0.39 is 0 Å². The summed E-state index contributed by atoms with van der Waals surface area (Å²) in [6.45, 7) is 6.13. The third-order valence-electron chi connectivity index (χ3n) is 6.24. The Morgan fingerprint density at radius 2 is 1.81 bits per heavy atom. The number of nitrogens with zero attached hydrogens (tertiary/aromatic N) is 3. The quantitative estimate of drug-likeness (QED) is 0.853. The van der Waals surface area contributed by atoms with E-state index in [1.165, 1.54) is 75.7 Å². The summed E-state index contributed by atoms with van der Waals surface area (Å²) >= 11 is 0. The average Bonchev–Trinajstić information content (AvgIpc) is 3.01. The van der Waals surface area contributed by atoms with Crippen LogP contribution in [0.3, 0.4) is 0 Å². The van der Waals surface area contributed by atoms with Gasteiger partial charge in [-0.05, 0) is 56.9 Å². The molecule has 2 aliphatic heterocycles. The van der Waals surface area contributed by atoms with Gasteiger partial charge in [0.2, 0.25) is 5.91 Å². The lowest BCUT2D eigenvalue weighted by molar-refractivity contribution is -0.118. The van der Waals surface area contributed by atoms with Gasteiger partial charge in [-0.15, -0.1) is 0 Å². The largest absolute Gasteiger partial charge is 0.368 e. The highest BCUT2D eigenvalue weighted by Crippen LogP contribution is 2.27. The fraction of sp³-hybridized carbons (Fsp3) is 0.591. The second-order valence-corrected chi connectivity index (χ2v) is 8.25. The first-order valence-electron chi connectivity index (χ1n) is 10.5. The lowest BCUT2D eigenvalue weighted by atomic mass is 9.99. The summed E-state index contributed by atoms with van der Waals surface area (Å²) in [5.41, 5.74) is 7.88. The molecule has 2 aromatic rings. The van der Waals surface area contributed by atoms with Gasteiger partial charge in [0.25, 0.3) is 0 Å². The molecule has 0 spiro atoms. The molecule has 2 fully saturated rings. The molecule has 3 heterocycles. The first-order chi connectivity index (χ1) is 13.2. The van der Waals surface area contributed by atoms with Crippen molar-refractivity contribution in [1.82, 2.24) is 14.4 Å². The van der Waals surface area contributed by atoms with Crippen LogP contribution in [0.1, 0.15) is 44.1 Å². The van der Waals surface area contributed by atoms with Gasteiger partial charge in [0, 0.05) is 36.2 Å². The van der Waals surface area contributed by atoms with E-state index in [1.807, 2.05) is 10.6 Å². The topological polar surface area (TPSA) is 54.5 Å². The maximum absolute atomic E-state index is 11.5. The van der Waals surface area contributed by atoms with Gasteiger partial charge in [0.15, 0.2) is 0 Å². The maximum Gasteiger partial charge on any atom is 0.237 e. The van der Waals surface area contributed by atoms with Crippen molar-refractivity contribution < 1.29 is 4.79 Å². The van der Waals surface area contributed by atoms with Crippen LogP contribution in [0.5, 0.6) is 0 Å². The number of carbonyl (C=O) groups is 1. The van der Waals surface area contributed by atoms with Crippen molar-refractivity contribution in [1.29, 1.82) is 0 Å². The summed E-state index contributed by atoms with van der Waals surface area (Å²) in [7, 11) is 0. The molecule has 0 aliphatic carbocycles. The number of amides is 1. The Balaban J connectivity index is 1.53. The standard InChI is InChI=1S/C22H32N4O/c23-22(27)17-26-15-18(20-9-2-3-10-21(20)26)14-25-13-7-4-8-19(25)16-24-11-5-1-6-12-24/h2-3,9-10,15,19H,1,4-8,11-14,16-17H2,(H2,23,27). The molecule has 2 aliphatic rings. The lowest BCUT2D eigenvalue weighted by Gasteiger charge is -2.39. The minimum atomic E-state index is -0.289. The molecule has 27 heavy (non-hydrogen) atoms. The molecule has 0 bridgehead atoms. The number of rotatable bonds is 6. The molecule has 2 saturated heterocycles. The Morgan fingerprint density at radius 1 is 1.04 bits per heavy atom. The summed E-state index contributed by atoms with van der Waals surface area (Å²) in [5.74, 6) is -0.289. The molecule has 1 aromatic heterocycles. The maximum atomic E-state index is 11.5. The number of piperidine rings is 2. The number of benzene rings is 1. The predicted molar refractivity (Wildman–Crippen MR) is 109 cm³/mol. The molecule has 1 atom stereocenters. The number of hydrogen-bond donors (Lipinski definition) is 1. The van der Waals surface area contributed by atoms with Crippen molar-refractivity contribution in [2.75, 3.05) is 26.2 Å². The van der Waals surface area contributed by atoms with Crippen LogP contribution in [-0.2, 0) is 17.9 Å². The van der Waals surface area contributed by atoms with E-state index in [1.54, 1.807) is 0 Å². The molecular formula is C22H32N4O. The van der Waals surface area contributed by atoms with Gasteiger partial charge in [-0.3, -0.25) is 9.69 Å². The molecule has 5 nitrogen and oxygen atoms in total. The van der Waals surface area contributed by atoms with Crippen molar-refractivity contribution in [3.8, 4) is 0 Å². The van der Waals surface area contributed by atoms with Crippen LogP contribution in [-0.4, -0.2) is 52.5 Å². The van der Waals surface area contributed by atoms with Crippen molar-refractivity contribution >= 4 is 16.8 Å². The molecule has 4 rings (SSSR count). The van der Waals surface area contributed by atoms with Crippen LogP contribution in [0.4, 0.5) is 0 Å². The molecule has 2 N–H and O–H groups in total. The minimum absolute atomic E-state index is 0.248. The van der Waals surface area contributed by atoms with Gasteiger partial charge in [-0.25, -0.2) is 0 Å². The van der Waals surface area contributed by atoms with Crippen LogP contribution < -0.4 is 5.73 Å². The Kier molecular flexibility index (Phi) is 5.79. The second-order valence-electron chi connectivity index (χ2n) is 8.25. The Labute approximate surface area is 162 Å². The van der Waals surface area contributed by atoms with E-state index in [2.05, 4.69) is 34.2 Å². The first kappa shape index (κ1) is 18.5. The molecule has 0 radical (unpaired) electrons. The number of likely N-dealkylation sites (tertiary alicyclic amines) is 2. The Hall–Kier alpha value is -1.85. The van der Waals surface area contributed by atoms with E-state index in [0.717, 1.165) is 12.1 Å². The molecule has 146 valence electrons. The van der Waals surface area contributed by atoms with Gasteiger partial charge in [-0.1, -0.05) is 31.0 Å². The lowest BCUT2D eigenvalue weighted by Crippen LogP contribution is -2.47. The zero-order valence-corrected chi connectivity index (χ0v) is 16.3. The monoisotopic (exact) mass is 368 g/mol. The normalized spacial score (nSPS) is 22.3. The van der Waals surface area contributed by atoms with Crippen LogP contribution in [0.2, 0.25) is 0 Å². The van der Waals surface area contributed by atoms with Gasteiger partial charge in [0.1, 0.15) is 6.54 Å². The smallest absolute Gasteiger partial charge is 0.237 e. The number of aromatic nitrogens is 1. The SMILES string of the molecule is NC(=O)Cn1cc(CN2CCCCC2CN2CCCCC2)c2ccccc21. The van der Waals surface area contributed by atoms with E-state index >= 15 is 0 Å². The number of para-hydroxylation sites is 1. The van der Waals surface area contributed by atoms with Crippen molar-refractivity contribution in [2.45, 2.75) is 57.7 Å². The molecular weight excluding hydrogens is 336 g/mol. The Morgan fingerprint density at radius 3 is 2.63 bits per heavy atom. The zero-order chi connectivity index (χ0) is 18.6. The van der Waals surface area contributed by atoms with Crippen molar-refractivity contribution in [3.05, 3.63) is 36.0 Å². The van der Waals surface area contributed by atoms with Gasteiger partial charge >= 0.3 is 0 Å². The summed E-state index contributed by atoms with van der Waals surface area (Å²) in [6.07, 6.45) is 10.2. The number of fused-ring (bicyclic) bond motifs is 1. The molecule has 5 heteroatoms. The fourth-order valence-electron chi connectivity index (χ4n) is 4.88. The van der Waals surface area contributed by atoms with E-state index in [9.17, 15) is 4.79 Å². The zero-order valence-electron chi connectivity index (χ0n) is 16.3. The number of primary amides is 1. The summed E-state index contributed by atoms with van der Waals surface area (Å²) in [5, 5.41) is 1.25.